The van der Waals surface area contributed by atoms with Crippen LogP contribution in [0.1, 0.15) is 21.5 Å². The summed E-state index contributed by atoms with van der Waals surface area (Å²) in [6, 6.07) is 7.03. The molecule has 0 amide bonds. The van der Waals surface area contributed by atoms with Gasteiger partial charge in [-0.05, 0) is 36.8 Å². The number of pyridine rings is 1. The van der Waals surface area contributed by atoms with Gasteiger partial charge in [0.15, 0.2) is 0 Å². The number of nitrogens with zero attached hydrogens (tertiary/aromatic N) is 1. The second kappa shape index (κ2) is 5.77. The van der Waals surface area contributed by atoms with Crippen LogP contribution in [-0.4, -0.2) is 16.1 Å². The quantitative estimate of drug-likeness (QED) is 0.920. The molecule has 1 aromatic carbocycles. The number of benzene rings is 1. The second-order valence-corrected chi connectivity index (χ2v) is 5.36. The van der Waals surface area contributed by atoms with Crippen molar-refractivity contribution in [3.05, 3.63) is 53.2 Å². The predicted octanol–water partition coefficient (Wildman–Crippen LogP) is 4.26. The molecule has 7 heteroatoms. The fourth-order valence-electron chi connectivity index (χ4n) is 1.62. The lowest BCUT2D eigenvalue weighted by Crippen LogP contribution is -2.05. The number of rotatable bonds is 3. The summed E-state index contributed by atoms with van der Waals surface area (Å²) in [5.74, 6) is -1.05. The van der Waals surface area contributed by atoms with E-state index < -0.39 is 17.7 Å². The normalized spacial score (nSPS) is 11.4. The van der Waals surface area contributed by atoms with E-state index in [-0.39, 0.29) is 5.56 Å². The Labute approximate surface area is 122 Å². The van der Waals surface area contributed by atoms with Gasteiger partial charge in [-0.3, -0.25) is 0 Å². The molecule has 0 spiro atoms. The van der Waals surface area contributed by atoms with E-state index in [9.17, 15) is 18.0 Å². The third-order valence-electron chi connectivity index (χ3n) is 2.73. The molecule has 0 aliphatic carbocycles. The maximum absolute atomic E-state index is 12.4. The van der Waals surface area contributed by atoms with Crippen molar-refractivity contribution in [1.82, 2.24) is 4.98 Å². The van der Waals surface area contributed by atoms with Gasteiger partial charge in [0.2, 0.25) is 0 Å². The Hall–Kier alpha value is -2.02. The molecule has 3 nitrogen and oxygen atoms in total. The van der Waals surface area contributed by atoms with E-state index in [0.29, 0.717) is 15.5 Å². The summed E-state index contributed by atoms with van der Waals surface area (Å²) >= 11 is 1.11. The number of carboxylic acids is 1. The van der Waals surface area contributed by atoms with Crippen molar-refractivity contribution in [2.75, 3.05) is 0 Å². The Balaban J connectivity index is 2.22. The van der Waals surface area contributed by atoms with Gasteiger partial charge >= 0.3 is 12.1 Å². The predicted molar refractivity (Wildman–Crippen MR) is 71.5 cm³/mol. The summed E-state index contributed by atoms with van der Waals surface area (Å²) in [5, 5.41) is 9.40. The molecule has 1 heterocycles. The highest BCUT2D eigenvalue weighted by atomic mass is 32.2. The number of aromatic nitrogens is 1. The molecule has 0 atom stereocenters. The van der Waals surface area contributed by atoms with Crippen molar-refractivity contribution >= 4 is 17.7 Å². The molecule has 2 aromatic rings. The van der Waals surface area contributed by atoms with Gasteiger partial charge in [-0.15, -0.1) is 0 Å². The first-order valence-corrected chi connectivity index (χ1v) is 6.64. The summed E-state index contributed by atoms with van der Waals surface area (Å²) in [5.41, 5.74) is -0.0406. The number of carbonyl (C=O) groups is 1. The van der Waals surface area contributed by atoms with Crippen LogP contribution in [0.4, 0.5) is 13.2 Å². The van der Waals surface area contributed by atoms with Crippen LogP contribution in [0.5, 0.6) is 0 Å². The molecule has 0 saturated carbocycles. The molecule has 0 bridgehead atoms. The highest BCUT2D eigenvalue weighted by Gasteiger charge is 2.30. The van der Waals surface area contributed by atoms with Gasteiger partial charge < -0.3 is 5.11 Å². The molecule has 0 saturated heterocycles. The number of halogens is 3. The molecule has 1 aromatic heterocycles. The average Bonchev–Trinajstić information content (AvgIpc) is 2.40. The van der Waals surface area contributed by atoms with Gasteiger partial charge in [-0.1, -0.05) is 17.8 Å². The topological polar surface area (TPSA) is 50.2 Å². The van der Waals surface area contributed by atoms with Gasteiger partial charge in [0.25, 0.3) is 0 Å². The molecule has 2 rings (SSSR count). The molecule has 0 unspecified atom stereocenters. The van der Waals surface area contributed by atoms with Gasteiger partial charge in [0.05, 0.1) is 11.1 Å². The summed E-state index contributed by atoms with van der Waals surface area (Å²) in [6.07, 6.45) is -3.66. The number of alkyl halides is 3. The Bertz CT molecular complexity index is 669. The lowest BCUT2D eigenvalue weighted by atomic mass is 10.1. The number of carboxylic acid groups (broad SMARTS) is 1. The second-order valence-electron chi connectivity index (χ2n) is 4.27. The van der Waals surface area contributed by atoms with E-state index >= 15 is 0 Å². The van der Waals surface area contributed by atoms with Gasteiger partial charge in [0, 0.05) is 11.1 Å². The summed E-state index contributed by atoms with van der Waals surface area (Å²) in [4.78, 5) is 15.4. The maximum atomic E-state index is 12.4. The zero-order chi connectivity index (χ0) is 15.6. The number of aromatic carboxylic acids is 1. The summed E-state index contributed by atoms with van der Waals surface area (Å²) in [7, 11) is 0. The van der Waals surface area contributed by atoms with Crippen LogP contribution in [0, 0.1) is 6.92 Å². The zero-order valence-electron chi connectivity index (χ0n) is 10.8. The minimum absolute atomic E-state index is 0.159. The van der Waals surface area contributed by atoms with Gasteiger partial charge in [-0.25, -0.2) is 9.78 Å². The van der Waals surface area contributed by atoms with E-state index in [1.807, 2.05) is 0 Å². The van der Waals surface area contributed by atoms with Crippen LogP contribution < -0.4 is 0 Å². The van der Waals surface area contributed by atoms with Crippen LogP contribution in [0.3, 0.4) is 0 Å². The standard InChI is InChI=1S/C14H10F3NO2S/c1-8-2-4-10(6-11(8)13(19)20)21-12-5-3-9(7-18-12)14(15,16)17/h2-7H,1H3,(H,19,20). The minimum atomic E-state index is -4.42. The molecule has 0 fully saturated rings. The first-order valence-electron chi connectivity index (χ1n) is 5.82. The molecular weight excluding hydrogens is 303 g/mol. The van der Waals surface area contributed by atoms with Crippen molar-refractivity contribution < 1.29 is 23.1 Å². The summed E-state index contributed by atoms with van der Waals surface area (Å²) in [6.45, 7) is 1.67. The Morgan fingerprint density at radius 1 is 1.24 bits per heavy atom. The van der Waals surface area contributed by atoms with E-state index in [1.54, 1.807) is 19.1 Å². The Morgan fingerprint density at radius 3 is 2.48 bits per heavy atom. The van der Waals surface area contributed by atoms with Crippen LogP contribution in [0.15, 0.2) is 46.5 Å². The van der Waals surface area contributed by atoms with Crippen LogP contribution in [-0.2, 0) is 6.18 Å². The smallest absolute Gasteiger partial charge is 0.417 e. The Morgan fingerprint density at radius 2 is 1.95 bits per heavy atom. The fraction of sp³-hybridized carbons (Fsp3) is 0.143. The number of aryl methyl sites for hydroxylation is 1. The van der Waals surface area contributed by atoms with Crippen molar-refractivity contribution in [3.63, 3.8) is 0 Å². The lowest BCUT2D eigenvalue weighted by molar-refractivity contribution is -0.137. The Kier molecular flexibility index (Phi) is 4.22. The number of hydrogen-bond acceptors (Lipinski definition) is 3. The van der Waals surface area contributed by atoms with Gasteiger partial charge in [0.1, 0.15) is 5.03 Å². The highest BCUT2D eigenvalue weighted by Crippen LogP contribution is 2.32. The van der Waals surface area contributed by atoms with Crippen molar-refractivity contribution in [1.29, 1.82) is 0 Å². The highest BCUT2D eigenvalue weighted by molar-refractivity contribution is 7.99. The lowest BCUT2D eigenvalue weighted by Gasteiger charge is -2.07. The number of hydrogen-bond donors (Lipinski definition) is 1. The van der Waals surface area contributed by atoms with Crippen LogP contribution in [0.25, 0.3) is 0 Å². The monoisotopic (exact) mass is 313 g/mol. The summed E-state index contributed by atoms with van der Waals surface area (Å²) < 4.78 is 37.3. The van der Waals surface area contributed by atoms with E-state index in [4.69, 9.17) is 5.11 Å². The molecule has 0 aliphatic heterocycles. The maximum Gasteiger partial charge on any atom is 0.417 e. The first-order chi connectivity index (χ1) is 9.77. The van der Waals surface area contributed by atoms with Gasteiger partial charge in [-0.2, -0.15) is 13.2 Å². The minimum Gasteiger partial charge on any atom is -0.478 e. The van der Waals surface area contributed by atoms with Crippen molar-refractivity contribution in [2.45, 2.75) is 23.0 Å². The molecule has 0 aliphatic rings. The van der Waals surface area contributed by atoms with Crippen molar-refractivity contribution in [3.8, 4) is 0 Å². The van der Waals surface area contributed by atoms with Crippen LogP contribution in [0.2, 0.25) is 0 Å². The zero-order valence-corrected chi connectivity index (χ0v) is 11.6. The molecule has 110 valence electrons. The SMILES string of the molecule is Cc1ccc(Sc2ccc(C(F)(F)F)cn2)cc1C(=O)O. The molecule has 0 radical (unpaired) electrons. The molecule has 1 N–H and O–H groups in total. The molecule has 21 heavy (non-hydrogen) atoms. The molecular formula is C14H10F3NO2S. The van der Waals surface area contributed by atoms with E-state index in [2.05, 4.69) is 4.98 Å². The average molecular weight is 313 g/mol. The van der Waals surface area contributed by atoms with Crippen molar-refractivity contribution in [2.24, 2.45) is 0 Å². The third-order valence-corrected chi connectivity index (χ3v) is 3.67. The van der Waals surface area contributed by atoms with E-state index in [1.165, 1.54) is 12.1 Å². The third kappa shape index (κ3) is 3.75. The fourth-order valence-corrected chi connectivity index (χ4v) is 2.42. The largest absolute Gasteiger partial charge is 0.478 e. The first kappa shape index (κ1) is 15.4. The van der Waals surface area contributed by atoms with Crippen LogP contribution >= 0.6 is 11.8 Å². The van der Waals surface area contributed by atoms with E-state index in [0.717, 1.165) is 24.0 Å².